The number of carbonyl (C=O) groups excluding carboxylic acids is 2. The van der Waals surface area contributed by atoms with E-state index in [0.717, 1.165) is 5.76 Å². The molecule has 7 heteroatoms. The molecule has 1 heterocycles. The van der Waals surface area contributed by atoms with Crippen LogP contribution in [0.1, 0.15) is 17.1 Å². The number of halogens is 1. The van der Waals surface area contributed by atoms with Crippen LogP contribution in [0.4, 0.5) is 4.39 Å². The number of likely N-dealkylation sites (N-methyl/N-ethyl adjacent to an activating group) is 1. The van der Waals surface area contributed by atoms with Crippen molar-refractivity contribution in [2.45, 2.75) is 13.5 Å². The Morgan fingerprint density at radius 1 is 1.27 bits per heavy atom. The normalized spacial score (nSPS) is 10.8. The molecule has 2 aromatic rings. The molecular weight excluding hydrogens is 341 g/mol. The van der Waals surface area contributed by atoms with Crippen LogP contribution in [0.2, 0.25) is 0 Å². The van der Waals surface area contributed by atoms with Gasteiger partial charge in [0.2, 0.25) is 0 Å². The summed E-state index contributed by atoms with van der Waals surface area (Å²) in [5.74, 6) is -0.187. The summed E-state index contributed by atoms with van der Waals surface area (Å²) in [6.45, 7) is 1.56. The lowest BCUT2D eigenvalue weighted by atomic mass is 10.2. The summed E-state index contributed by atoms with van der Waals surface area (Å²) in [6, 6.07) is 7.93. The molecule has 138 valence electrons. The van der Waals surface area contributed by atoms with Crippen molar-refractivity contribution in [2.24, 2.45) is 0 Å². The minimum absolute atomic E-state index is 0.134. The van der Waals surface area contributed by atoms with Crippen molar-refractivity contribution in [1.29, 1.82) is 0 Å². The van der Waals surface area contributed by atoms with Crippen LogP contribution in [0.15, 0.2) is 40.8 Å². The highest BCUT2D eigenvalue weighted by Crippen LogP contribution is 2.18. The van der Waals surface area contributed by atoms with Crippen LogP contribution in [-0.2, 0) is 20.9 Å². The third-order valence-corrected chi connectivity index (χ3v) is 3.54. The van der Waals surface area contributed by atoms with E-state index in [1.54, 1.807) is 32.2 Å². The molecule has 0 aliphatic heterocycles. The van der Waals surface area contributed by atoms with E-state index in [1.165, 1.54) is 36.3 Å². The number of furan rings is 1. The maximum Gasteiger partial charge on any atom is 0.331 e. The van der Waals surface area contributed by atoms with Crippen molar-refractivity contribution < 1.29 is 27.9 Å². The molecule has 0 spiro atoms. The van der Waals surface area contributed by atoms with E-state index >= 15 is 0 Å². The quantitative estimate of drug-likeness (QED) is 0.560. The van der Waals surface area contributed by atoms with Gasteiger partial charge in [-0.1, -0.05) is 6.07 Å². The van der Waals surface area contributed by atoms with Gasteiger partial charge in [0, 0.05) is 19.7 Å². The monoisotopic (exact) mass is 361 g/mol. The SMILES string of the molecule is COc1ccc(CN(C)C(=O)COC(=O)/C=C/c2ccc(C)o2)cc1F. The van der Waals surface area contributed by atoms with Gasteiger partial charge in [0.1, 0.15) is 11.5 Å². The summed E-state index contributed by atoms with van der Waals surface area (Å²) in [6.07, 6.45) is 2.65. The van der Waals surface area contributed by atoms with Crippen LogP contribution in [-0.4, -0.2) is 37.5 Å². The fourth-order valence-corrected chi connectivity index (χ4v) is 2.15. The van der Waals surface area contributed by atoms with E-state index < -0.39 is 24.3 Å². The Bertz CT molecular complexity index is 812. The summed E-state index contributed by atoms with van der Waals surface area (Å²) >= 11 is 0. The highest BCUT2D eigenvalue weighted by molar-refractivity contribution is 5.88. The number of benzene rings is 1. The highest BCUT2D eigenvalue weighted by atomic mass is 19.1. The first kappa shape index (κ1) is 19.2. The summed E-state index contributed by atoms with van der Waals surface area (Å²) in [5.41, 5.74) is 0.596. The van der Waals surface area contributed by atoms with Crippen LogP contribution in [0.5, 0.6) is 5.75 Å². The van der Waals surface area contributed by atoms with Gasteiger partial charge in [0.25, 0.3) is 5.91 Å². The van der Waals surface area contributed by atoms with E-state index in [4.69, 9.17) is 13.9 Å². The Hall–Kier alpha value is -3.09. The topological polar surface area (TPSA) is 69.0 Å². The Morgan fingerprint density at radius 2 is 2.04 bits per heavy atom. The summed E-state index contributed by atoms with van der Waals surface area (Å²) in [7, 11) is 2.92. The summed E-state index contributed by atoms with van der Waals surface area (Å²) < 4.78 is 28.7. The maximum absolute atomic E-state index is 13.7. The number of aryl methyl sites for hydroxylation is 1. The first-order chi connectivity index (χ1) is 12.4. The van der Waals surface area contributed by atoms with Crippen LogP contribution < -0.4 is 4.74 Å². The molecule has 0 bridgehead atoms. The average Bonchev–Trinajstić information content (AvgIpc) is 3.03. The molecule has 0 saturated heterocycles. The zero-order valence-electron chi connectivity index (χ0n) is 14.8. The van der Waals surface area contributed by atoms with E-state index in [-0.39, 0.29) is 12.3 Å². The number of carbonyl (C=O) groups is 2. The van der Waals surface area contributed by atoms with Crippen LogP contribution in [0, 0.1) is 12.7 Å². The molecule has 0 N–H and O–H groups in total. The van der Waals surface area contributed by atoms with Crippen molar-refractivity contribution in [1.82, 2.24) is 4.90 Å². The molecule has 1 amide bonds. The van der Waals surface area contributed by atoms with Gasteiger partial charge >= 0.3 is 5.97 Å². The molecule has 0 saturated carbocycles. The van der Waals surface area contributed by atoms with Gasteiger partial charge in [0.15, 0.2) is 18.2 Å². The van der Waals surface area contributed by atoms with Gasteiger partial charge < -0.3 is 18.8 Å². The molecule has 6 nitrogen and oxygen atoms in total. The van der Waals surface area contributed by atoms with Crippen molar-refractivity contribution in [3.05, 3.63) is 59.3 Å². The minimum atomic E-state index is -0.656. The lowest BCUT2D eigenvalue weighted by Gasteiger charge is -2.17. The van der Waals surface area contributed by atoms with E-state index in [0.29, 0.717) is 11.3 Å². The third kappa shape index (κ3) is 5.47. The minimum Gasteiger partial charge on any atom is -0.494 e. The highest BCUT2D eigenvalue weighted by Gasteiger charge is 2.13. The standard InChI is InChI=1S/C19H20FNO5/c1-13-4-6-15(26-13)7-9-19(23)25-12-18(22)21(2)11-14-5-8-17(24-3)16(20)10-14/h4-10H,11-12H2,1-3H3/b9-7+. The Morgan fingerprint density at radius 3 is 2.65 bits per heavy atom. The number of esters is 1. The van der Waals surface area contributed by atoms with Gasteiger partial charge in [-0.3, -0.25) is 4.79 Å². The fourth-order valence-electron chi connectivity index (χ4n) is 2.15. The number of ether oxygens (including phenoxy) is 2. The average molecular weight is 361 g/mol. The zero-order valence-corrected chi connectivity index (χ0v) is 14.8. The maximum atomic E-state index is 13.7. The lowest BCUT2D eigenvalue weighted by molar-refractivity contribution is -0.147. The van der Waals surface area contributed by atoms with Gasteiger partial charge in [-0.25, -0.2) is 9.18 Å². The molecule has 0 aliphatic carbocycles. The Kier molecular flexibility index (Phi) is 6.54. The number of hydrogen-bond donors (Lipinski definition) is 0. The van der Waals surface area contributed by atoms with E-state index in [1.807, 2.05) is 0 Å². The third-order valence-electron chi connectivity index (χ3n) is 3.54. The summed E-state index contributed by atoms with van der Waals surface area (Å²) in [5, 5.41) is 0. The second-order valence-corrected chi connectivity index (χ2v) is 5.61. The summed E-state index contributed by atoms with van der Waals surface area (Å²) in [4.78, 5) is 25.0. The molecule has 1 aromatic carbocycles. The van der Waals surface area contributed by atoms with Crippen LogP contribution >= 0.6 is 0 Å². The fraction of sp³-hybridized carbons (Fsp3) is 0.263. The smallest absolute Gasteiger partial charge is 0.331 e. The number of methoxy groups -OCH3 is 1. The van der Waals surface area contributed by atoms with Crippen LogP contribution in [0.25, 0.3) is 6.08 Å². The molecule has 0 unspecified atom stereocenters. The van der Waals surface area contributed by atoms with Crippen molar-refractivity contribution in [2.75, 3.05) is 20.8 Å². The Labute approximate surface area is 150 Å². The van der Waals surface area contributed by atoms with Crippen molar-refractivity contribution in [3.8, 4) is 5.75 Å². The van der Waals surface area contributed by atoms with Gasteiger partial charge in [-0.05, 0) is 42.8 Å². The molecule has 0 radical (unpaired) electrons. The van der Waals surface area contributed by atoms with Gasteiger partial charge in [-0.2, -0.15) is 0 Å². The van der Waals surface area contributed by atoms with E-state index in [2.05, 4.69) is 0 Å². The predicted molar refractivity (Wildman–Crippen MR) is 92.9 cm³/mol. The second kappa shape index (κ2) is 8.84. The molecule has 0 aliphatic rings. The molecule has 0 atom stereocenters. The predicted octanol–water partition coefficient (Wildman–Crippen LogP) is 2.95. The van der Waals surface area contributed by atoms with Gasteiger partial charge in [-0.15, -0.1) is 0 Å². The number of hydrogen-bond acceptors (Lipinski definition) is 5. The largest absolute Gasteiger partial charge is 0.494 e. The molecule has 26 heavy (non-hydrogen) atoms. The number of amides is 1. The molecular formula is C19H20FNO5. The van der Waals surface area contributed by atoms with Crippen LogP contribution in [0.3, 0.4) is 0 Å². The molecule has 1 aromatic heterocycles. The van der Waals surface area contributed by atoms with E-state index in [9.17, 15) is 14.0 Å². The zero-order chi connectivity index (χ0) is 19.1. The molecule has 2 rings (SSSR count). The Balaban J connectivity index is 1.82. The first-order valence-corrected chi connectivity index (χ1v) is 7.86. The number of rotatable bonds is 7. The second-order valence-electron chi connectivity index (χ2n) is 5.61. The van der Waals surface area contributed by atoms with Crippen molar-refractivity contribution >= 4 is 18.0 Å². The number of nitrogens with zero attached hydrogens (tertiary/aromatic N) is 1. The van der Waals surface area contributed by atoms with Crippen molar-refractivity contribution in [3.63, 3.8) is 0 Å². The lowest BCUT2D eigenvalue weighted by Crippen LogP contribution is -2.30. The van der Waals surface area contributed by atoms with Gasteiger partial charge in [0.05, 0.1) is 7.11 Å². The molecule has 0 fully saturated rings. The first-order valence-electron chi connectivity index (χ1n) is 7.86.